The molecule has 3 nitrogen and oxygen atoms in total. The number of thiophene rings is 1. The first kappa shape index (κ1) is 12.5. The molecule has 1 N–H and O–H groups in total. The molecule has 0 amide bonds. The Morgan fingerprint density at radius 2 is 2.18 bits per heavy atom. The zero-order chi connectivity index (χ0) is 12.1. The summed E-state index contributed by atoms with van der Waals surface area (Å²) in [5.41, 5.74) is 0. The van der Waals surface area contributed by atoms with E-state index in [9.17, 15) is 0 Å². The van der Waals surface area contributed by atoms with E-state index in [1.165, 1.54) is 4.88 Å². The highest BCUT2D eigenvalue weighted by Crippen LogP contribution is 2.26. The molecule has 0 aliphatic carbocycles. The van der Waals surface area contributed by atoms with Crippen LogP contribution < -0.4 is 5.32 Å². The Balaban J connectivity index is 2.10. The molecule has 0 aliphatic heterocycles. The molecule has 0 fully saturated rings. The molecule has 0 radical (unpaired) electrons. The second-order valence-electron chi connectivity index (χ2n) is 3.73. The van der Waals surface area contributed by atoms with Gasteiger partial charge >= 0.3 is 0 Å². The fourth-order valence-corrected chi connectivity index (χ4v) is 2.62. The normalized spacial score (nSPS) is 12.4. The van der Waals surface area contributed by atoms with Gasteiger partial charge in [0.1, 0.15) is 0 Å². The molecule has 2 heterocycles. The predicted octanol–water partition coefficient (Wildman–Crippen LogP) is 4.25. The molecule has 0 saturated heterocycles. The van der Waals surface area contributed by atoms with Crippen molar-refractivity contribution in [3.05, 3.63) is 39.3 Å². The molecular formula is C12H14BrN3S. The lowest BCUT2D eigenvalue weighted by atomic mass is 10.1. The molecule has 2 aromatic rings. The van der Waals surface area contributed by atoms with Crippen molar-refractivity contribution in [2.24, 2.45) is 0 Å². The van der Waals surface area contributed by atoms with Crippen LogP contribution in [0.3, 0.4) is 0 Å². The number of rotatable bonds is 5. The maximum atomic E-state index is 4.25. The zero-order valence-corrected chi connectivity index (χ0v) is 12.0. The van der Waals surface area contributed by atoms with E-state index in [0.717, 1.165) is 17.3 Å². The third-order valence-corrected chi connectivity index (χ3v) is 3.78. The van der Waals surface area contributed by atoms with Gasteiger partial charge in [-0.15, -0.1) is 11.3 Å². The summed E-state index contributed by atoms with van der Waals surface area (Å²) in [5, 5.41) is 5.48. The summed E-state index contributed by atoms with van der Waals surface area (Å²) in [4.78, 5) is 9.82. The van der Waals surface area contributed by atoms with E-state index in [-0.39, 0.29) is 0 Å². The number of hydrogen-bond donors (Lipinski definition) is 1. The Morgan fingerprint density at radius 1 is 1.41 bits per heavy atom. The molecular weight excluding hydrogens is 298 g/mol. The van der Waals surface area contributed by atoms with Gasteiger partial charge in [-0.1, -0.05) is 19.4 Å². The lowest BCUT2D eigenvalue weighted by Gasteiger charge is -2.16. The van der Waals surface area contributed by atoms with Crippen LogP contribution in [0.5, 0.6) is 0 Å². The van der Waals surface area contributed by atoms with Crippen molar-refractivity contribution < 1.29 is 0 Å². The Bertz CT molecular complexity index is 441. The molecule has 1 atom stereocenters. The molecule has 90 valence electrons. The van der Waals surface area contributed by atoms with Crippen molar-refractivity contribution in [1.82, 2.24) is 9.97 Å². The minimum absolute atomic E-state index is 0.307. The molecule has 0 aliphatic rings. The van der Waals surface area contributed by atoms with Gasteiger partial charge in [-0.05, 0) is 33.8 Å². The second-order valence-corrected chi connectivity index (χ2v) is 5.62. The summed E-state index contributed by atoms with van der Waals surface area (Å²) in [6.07, 6.45) is 5.73. The fraction of sp³-hybridized carbons (Fsp3) is 0.333. The van der Waals surface area contributed by atoms with Gasteiger partial charge in [-0.2, -0.15) is 0 Å². The second kappa shape index (κ2) is 6.12. The topological polar surface area (TPSA) is 37.8 Å². The van der Waals surface area contributed by atoms with Crippen LogP contribution in [0.25, 0.3) is 0 Å². The molecule has 0 spiro atoms. The van der Waals surface area contributed by atoms with Gasteiger partial charge in [0.25, 0.3) is 0 Å². The molecule has 5 heteroatoms. The number of hydrogen-bond acceptors (Lipinski definition) is 4. The SMILES string of the molecule is CCCC(Nc1ncc(Br)cn1)c1cccs1. The Morgan fingerprint density at radius 3 is 2.76 bits per heavy atom. The third-order valence-electron chi connectivity index (χ3n) is 2.39. The first-order valence-corrected chi connectivity index (χ1v) is 7.24. The number of anilines is 1. The highest BCUT2D eigenvalue weighted by Gasteiger charge is 2.12. The summed E-state index contributed by atoms with van der Waals surface area (Å²) in [6.45, 7) is 2.19. The van der Waals surface area contributed by atoms with Crippen LogP contribution in [0.4, 0.5) is 5.95 Å². The maximum Gasteiger partial charge on any atom is 0.223 e. The van der Waals surface area contributed by atoms with E-state index in [0.29, 0.717) is 12.0 Å². The van der Waals surface area contributed by atoms with Crippen molar-refractivity contribution in [2.75, 3.05) is 5.32 Å². The Labute approximate surface area is 113 Å². The first-order valence-electron chi connectivity index (χ1n) is 5.57. The third kappa shape index (κ3) is 3.51. The number of nitrogens with one attached hydrogen (secondary N) is 1. The highest BCUT2D eigenvalue weighted by atomic mass is 79.9. The standard InChI is InChI=1S/C12H14BrN3S/c1-2-4-10(11-5-3-6-17-11)16-12-14-7-9(13)8-15-12/h3,5-8,10H,2,4H2,1H3,(H,14,15,16). The van der Waals surface area contributed by atoms with Gasteiger partial charge in [-0.25, -0.2) is 9.97 Å². The van der Waals surface area contributed by atoms with Gasteiger partial charge in [0.05, 0.1) is 10.5 Å². The molecule has 2 aromatic heterocycles. The van der Waals surface area contributed by atoms with Crippen molar-refractivity contribution in [3.63, 3.8) is 0 Å². The van der Waals surface area contributed by atoms with Crippen molar-refractivity contribution in [1.29, 1.82) is 0 Å². The van der Waals surface area contributed by atoms with Gasteiger partial charge in [0, 0.05) is 17.3 Å². The van der Waals surface area contributed by atoms with Crippen LogP contribution >= 0.6 is 27.3 Å². The van der Waals surface area contributed by atoms with E-state index in [1.54, 1.807) is 23.7 Å². The van der Waals surface area contributed by atoms with Crippen LogP contribution in [0.2, 0.25) is 0 Å². The van der Waals surface area contributed by atoms with Crippen molar-refractivity contribution in [2.45, 2.75) is 25.8 Å². The van der Waals surface area contributed by atoms with Gasteiger partial charge in [-0.3, -0.25) is 0 Å². The summed E-state index contributed by atoms with van der Waals surface area (Å²) in [7, 11) is 0. The number of nitrogens with zero attached hydrogens (tertiary/aromatic N) is 2. The van der Waals surface area contributed by atoms with E-state index >= 15 is 0 Å². The Kier molecular flexibility index (Phi) is 4.50. The summed E-state index contributed by atoms with van der Waals surface area (Å²) >= 11 is 5.10. The van der Waals surface area contributed by atoms with Crippen LogP contribution in [0, 0.1) is 0 Å². The van der Waals surface area contributed by atoms with E-state index < -0.39 is 0 Å². The van der Waals surface area contributed by atoms with E-state index in [1.807, 2.05) is 0 Å². The lowest BCUT2D eigenvalue weighted by Crippen LogP contribution is -2.11. The molecule has 0 bridgehead atoms. The largest absolute Gasteiger partial charge is 0.347 e. The van der Waals surface area contributed by atoms with Crippen LogP contribution in [0.1, 0.15) is 30.7 Å². The summed E-state index contributed by atoms with van der Waals surface area (Å²) < 4.78 is 0.895. The zero-order valence-electron chi connectivity index (χ0n) is 9.56. The van der Waals surface area contributed by atoms with Crippen molar-refractivity contribution in [3.8, 4) is 0 Å². The molecule has 2 rings (SSSR count). The highest BCUT2D eigenvalue weighted by molar-refractivity contribution is 9.10. The molecule has 17 heavy (non-hydrogen) atoms. The maximum absolute atomic E-state index is 4.25. The van der Waals surface area contributed by atoms with Crippen LogP contribution in [-0.4, -0.2) is 9.97 Å². The van der Waals surface area contributed by atoms with E-state index in [2.05, 4.69) is 55.7 Å². The van der Waals surface area contributed by atoms with Crippen LogP contribution in [0.15, 0.2) is 34.4 Å². The van der Waals surface area contributed by atoms with Gasteiger partial charge < -0.3 is 5.32 Å². The Hall–Kier alpha value is -0.940. The average molecular weight is 312 g/mol. The average Bonchev–Trinajstić information content (AvgIpc) is 2.85. The molecule has 0 aromatic carbocycles. The van der Waals surface area contributed by atoms with E-state index in [4.69, 9.17) is 0 Å². The lowest BCUT2D eigenvalue weighted by molar-refractivity contribution is 0.680. The number of halogens is 1. The van der Waals surface area contributed by atoms with Gasteiger partial charge in [0.15, 0.2) is 0 Å². The smallest absolute Gasteiger partial charge is 0.223 e. The summed E-state index contributed by atoms with van der Waals surface area (Å²) in [6, 6.07) is 4.53. The fourth-order valence-electron chi connectivity index (χ4n) is 1.61. The quantitative estimate of drug-likeness (QED) is 0.896. The van der Waals surface area contributed by atoms with Gasteiger partial charge in [0.2, 0.25) is 5.95 Å². The minimum atomic E-state index is 0.307. The van der Waals surface area contributed by atoms with Crippen molar-refractivity contribution >= 4 is 33.2 Å². The monoisotopic (exact) mass is 311 g/mol. The minimum Gasteiger partial charge on any atom is -0.347 e. The first-order chi connectivity index (χ1) is 8.29. The molecule has 1 unspecified atom stereocenters. The predicted molar refractivity (Wildman–Crippen MR) is 75.3 cm³/mol. The molecule has 0 saturated carbocycles. The van der Waals surface area contributed by atoms with Crippen LogP contribution in [-0.2, 0) is 0 Å². The summed E-state index contributed by atoms with van der Waals surface area (Å²) in [5.74, 6) is 0.681. The number of aromatic nitrogens is 2.